The van der Waals surface area contributed by atoms with Gasteiger partial charge in [0.1, 0.15) is 44.9 Å². The first kappa shape index (κ1) is 61.3. The molecule has 8 N–H and O–H groups in total. The second kappa shape index (κ2) is 25.6. The van der Waals surface area contributed by atoms with E-state index < -0.39 is 95.2 Å². The molecule has 0 aliphatic carbocycles. The molecule has 30 nitrogen and oxygen atoms in total. The maximum atomic E-state index is 12.7. The van der Waals surface area contributed by atoms with Crippen LogP contribution >= 0.6 is 0 Å². The van der Waals surface area contributed by atoms with Crippen molar-refractivity contribution in [3.8, 4) is 12.1 Å². The molecule has 2 aromatic carbocycles. The lowest BCUT2D eigenvalue weighted by Crippen LogP contribution is -2.17. The van der Waals surface area contributed by atoms with Crippen LogP contribution in [0.5, 0.6) is 0 Å². The minimum absolute atomic E-state index is 0.0789. The summed E-state index contributed by atoms with van der Waals surface area (Å²) in [5, 5.41) is 48.5. The molecule has 0 amide bonds. The van der Waals surface area contributed by atoms with Gasteiger partial charge in [0.05, 0.1) is 47.2 Å². The number of anilines is 4. The normalized spacial score (nSPS) is 12.6. The zero-order valence-electron chi connectivity index (χ0n) is 39.4. The van der Waals surface area contributed by atoms with E-state index in [1.807, 2.05) is 12.1 Å². The Morgan fingerprint density at radius 3 is 1.20 bits per heavy atom. The second-order valence-corrected chi connectivity index (χ2v) is 24.0. The molecule has 2 heterocycles. The fourth-order valence-electron chi connectivity index (χ4n) is 6.12. The number of rotatable bonds is 28. The molecule has 2 aromatic heterocycles. The highest BCUT2D eigenvalue weighted by Gasteiger charge is 2.22. The zero-order chi connectivity index (χ0) is 56.9. The van der Waals surface area contributed by atoms with E-state index in [-0.39, 0.29) is 106 Å². The van der Waals surface area contributed by atoms with E-state index in [0.717, 1.165) is 47.2 Å². The summed E-state index contributed by atoms with van der Waals surface area (Å²) in [5.41, 5.74) is -1.44. The Kier molecular flexibility index (Phi) is 20.6. The van der Waals surface area contributed by atoms with Crippen LogP contribution in [-0.4, -0.2) is 130 Å². The molecule has 0 radical (unpaired) electrons. The number of hydrogen-bond donors (Lipinski definition) is 8. The fraction of sp³-hybridized carbons (Fsp3) is 0.250. The quantitative estimate of drug-likeness (QED) is 0.0165. The molecule has 0 aliphatic heterocycles. The van der Waals surface area contributed by atoms with Gasteiger partial charge in [0.25, 0.3) is 20.2 Å². The molecule has 0 saturated heterocycles. The van der Waals surface area contributed by atoms with Crippen molar-refractivity contribution in [2.75, 3.05) is 72.2 Å². The van der Waals surface area contributed by atoms with E-state index in [1.165, 1.54) is 26.0 Å². The Balaban J connectivity index is 1.74. The maximum Gasteiger partial charge on any atom is 0.397 e. The molecule has 76 heavy (non-hydrogen) atoms. The molecule has 4 aromatic rings. The van der Waals surface area contributed by atoms with Crippen molar-refractivity contribution in [1.82, 2.24) is 9.97 Å². The molecule has 36 heteroatoms. The standard InChI is InChI=1S/C40H44N12O18S6/c1-5-71(53,54)19-15-45-39-35(25(3)31(23-41)37(47-39)43-13-17-69-75(63,64)65)51-49-29-11-9-27(33(21-29)73(57,58)59)7-8-28-10-12-30(22-34(28)74(60,61)62)50-52-36-26(4)32(24-42)38(44-14-18-70-76(66,67)68)48-40(36)46-16-20-72(55,56)6-2/h5-12,21-22H,1-2,13-20H2,3-4H3,(H2,43,45,47)(H2,44,46,48)(H,57,58,59)(H,60,61,62)(H,63,64,65)(H,66,67,68)/b8-7+,51-49?,52-50?. The van der Waals surface area contributed by atoms with Crippen LogP contribution < -0.4 is 21.3 Å². The first-order chi connectivity index (χ1) is 35.3. The summed E-state index contributed by atoms with van der Waals surface area (Å²) in [4.78, 5) is 6.95. The molecule has 0 atom stereocenters. The first-order valence-corrected chi connectivity index (χ1v) is 29.9. The highest BCUT2D eigenvalue weighted by Crippen LogP contribution is 2.37. The van der Waals surface area contributed by atoms with Crippen molar-refractivity contribution in [3.63, 3.8) is 0 Å². The average molecular weight is 1170 g/mol. The number of nitrogens with one attached hydrogen (secondary N) is 4. The van der Waals surface area contributed by atoms with E-state index in [0.29, 0.717) is 0 Å². The topological polar surface area (TPSA) is 475 Å². The van der Waals surface area contributed by atoms with Gasteiger partial charge in [0.2, 0.25) is 0 Å². The number of nitriles is 2. The van der Waals surface area contributed by atoms with E-state index in [1.54, 1.807) is 0 Å². The van der Waals surface area contributed by atoms with Gasteiger partial charge in [-0.25, -0.2) is 35.2 Å². The number of sulfone groups is 2. The Labute approximate surface area is 436 Å². The van der Waals surface area contributed by atoms with Crippen molar-refractivity contribution in [2.24, 2.45) is 20.5 Å². The third-order valence-electron chi connectivity index (χ3n) is 9.70. The number of aromatic nitrogens is 2. The van der Waals surface area contributed by atoms with Gasteiger partial charge in [-0.1, -0.05) is 37.4 Å². The van der Waals surface area contributed by atoms with Crippen LogP contribution in [0.2, 0.25) is 0 Å². The summed E-state index contributed by atoms with van der Waals surface area (Å²) in [5.74, 6) is -1.60. The highest BCUT2D eigenvalue weighted by atomic mass is 32.3. The summed E-state index contributed by atoms with van der Waals surface area (Å²) in [6.07, 6.45) is 2.12. The molecule has 0 fully saturated rings. The monoisotopic (exact) mass is 1170 g/mol. The molecule has 408 valence electrons. The average Bonchev–Trinajstić information content (AvgIpc) is 3.32. The number of pyridine rings is 2. The lowest BCUT2D eigenvalue weighted by Gasteiger charge is -2.15. The summed E-state index contributed by atoms with van der Waals surface area (Å²) >= 11 is 0. The van der Waals surface area contributed by atoms with E-state index in [4.69, 9.17) is 9.11 Å². The van der Waals surface area contributed by atoms with Crippen LogP contribution in [0.1, 0.15) is 33.4 Å². The largest absolute Gasteiger partial charge is 0.397 e. The zero-order valence-corrected chi connectivity index (χ0v) is 44.3. The third-order valence-corrected chi connectivity index (χ3v) is 15.0. The van der Waals surface area contributed by atoms with Gasteiger partial charge in [0, 0.05) is 48.1 Å². The van der Waals surface area contributed by atoms with Crippen molar-refractivity contribution < 1.29 is 77.1 Å². The van der Waals surface area contributed by atoms with Gasteiger partial charge in [-0.05, 0) is 49.2 Å². The summed E-state index contributed by atoms with van der Waals surface area (Å²) in [6.45, 7) is 6.91. The molecular formula is C40H44N12O18S6. The lowest BCUT2D eigenvalue weighted by molar-refractivity contribution is 0.277. The number of hydrogen-bond acceptors (Lipinski definition) is 26. The van der Waals surface area contributed by atoms with Gasteiger partial charge in [-0.15, -0.1) is 10.2 Å². The van der Waals surface area contributed by atoms with Gasteiger partial charge in [0.15, 0.2) is 31.3 Å². The Morgan fingerprint density at radius 2 is 0.895 bits per heavy atom. The van der Waals surface area contributed by atoms with Crippen molar-refractivity contribution >= 4 is 119 Å². The predicted octanol–water partition coefficient (Wildman–Crippen LogP) is 4.73. The Bertz CT molecular complexity index is 3560. The van der Waals surface area contributed by atoms with Crippen LogP contribution in [0.15, 0.2) is 90.6 Å². The fourth-order valence-corrected chi connectivity index (χ4v) is 9.22. The van der Waals surface area contributed by atoms with Crippen LogP contribution in [-0.2, 0) is 69.1 Å². The third kappa shape index (κ3) is 18.3. The molecule has 0 aliphatic rings. The summed E-state index contributed by atoms with van der Waals surface area (Å²) in [6, 6.07) is 10.2. The van der Waals surface area contributed by atoms with Crippen LogP contribution in [0, 0.1) is 36.5 Å². The maximum absolute atomic E-state index is 12.7. The summed E-state index contributed by atoms with van der Waals surface area (Å²) in [7, 11) is -27.3. The first-order valence-electron chi connectivity index (χ1n) is 20.9. The van der Waals surface area contributed by atoms with Gasteiger partial charge in [-0.2, -0.15) is 54.4 Å². The van der Waals surface area contributed by atoms with E-state index >= 15 is 0 Å². The molecular weight excluding hydrogens is 1130 g/mol. The number of nitrogens with zero attached hydrogens (tertiary/aromatic N) is 8. The summed E-state index contributed by atoms with van der Waals surface area (Å²) < 4.78 is 190. The van der Waals surface area contributed by atoms with Crippen LogP contribution in [0.3, 0.4) is 0 Å². The molecule has 0 saturated carbocycles. The molecule has 0 spiro atoms. The predicted molar refractivity (Wildman–Crippen MR) is 274 cm³/mol. The van der Waals surface area contributed by atoms with Crippen molar-refractivity contribution in [3.05, 3.63) is 93.8 Å². The SMILES string of the molecule is C=CS(=O)(=O)CCNc1nc(NCCOS(=O)(=O)O)c(C#N)c(C)c1N=Nc1ccc(/C=C/c2ccc(N=Nc3c(NCCS(=O)(=O)C=C)nc(NCCOS(=O)(=O)O)c(C#N)c3C)cc2S(=O)(=O)O)c(S(=O)(=O)O)c1. The number of azo groups is 2. The second-order valence-electron chi connectivity index (χ2n) is 14.9. The highest BCUT2D eigenvalue weighted by molar-refractivity contribution is 7.94. The van der Waals surface area contributed by atoms with Gasteiger partial charge < -0.3 is 21.3 Å². The van der Waals surface area contributed by atoms with Crippen molar-refractivity contribution in [1.29, 1.82) is 10.5 Å². The van der Waals surface area contributed by atoms with Crippen molar-refractivity contribution in [2.45, 2.75) is 23.6 Å². The van der Waals surface area contributed by atoms with Crippen LogP contribution in [0.25, 0.3) is 12.2 Å². The van der Waals surface area contributed by atoms with E-state index in [2.05, 4.69) is 73.2 Å². The Hall–Kier alpha value is -7.20. The van der Waals surface area contributed by atoms with E-state index in [9.17, 15) is 70.1 Å². The van der Waals surface area contributed by atoms with Gasteiger partial charge >= 0.3 is 20.8 Å². The van der Waals surface area contributed by atoms with Gasteiger partial charge in [-0.3, -0.25) is 18.2 Å². The minimum Gasteiger partial charge on any atom is -0.367 e. The molecule has 0 unspecified atom stereocenters. The van der Waals surface area contributed by atoms with Crippen LogP contribution in [0.4, 0.5) is 46.0 Å². The number of benzene rings is 2. The smallest absolute Gasteiger partial charge is 0.367 e. The lowest BCUT2D eigenvalue weighted by atomic mass is 10.1. The minimum atomic E-state index is -5.10. The molecule has 0 bridgehead atoms. The molecule has 4 rings (SSSR count). The Morgan fingerprint density at radius 1 is 0.553 bits per heavy atom.